The lowest BCUT2D eigenvalue weighted by molar-refractivity contribution is -0.125. The minimum atomic E-state index is -0.157. The highest BCUT2D eigenvalue weighted by Crippen LogP contribution is 2.17. The van der Waals surface area contributed by atoms with E-state index in [2.05, 4.69) is 76.2 Å². The molecule has 2 atom stereocenters. The van der Waals surface area contributed by atoms with Gasteiger partial charge in [0, 0.05) is 42.7 Å². The van der Waals surface area contributed by atoms with E-state index < -0.39 is 0 Å². The number of fused-ring (bicyclic) bond motifs is 1. The van der Waals surface area contributed by atoms with Crippen molar-refractivity contribution < 1.29 is 4.79 Å². The monoisotopic (exact) mass is 446 g/mol. The second kappa shape index (κ2) is 10.7. The first-order chi connectivity index (χ1) is 16.0. The maximum Gasteiger partial charge on any atom is 0.245 e. The topological polar surface area (TPSA) is 76.1 Å². The Morgan fingerprint density at radius 2 is 2.09 bits per heavy atom. The number of H-pyrrole nitrogens is 1. The molecule has 1 fully saturated rings. The number of aromatic nitrogens is 1. The van der Waals surface area contributed by atoms with Gasteiger partial charge in [0.1, 0.15) is 18.0 Å². The quantitative estimate of drug-likeness (QED) is 0.636. The molecular formula is C26H34N6O. The number of nitrogens with one attached hydrogen (secondary N) is 2. The summed E-state index contributed by atoms with van der Waals surface area (Å²) in [6.45, 7) is 6.18. The van der Waals surface area contributed by atoms with Crippen LogP contribution in [0.25, 0.3) is 17.2 Å². The fraction of sp³-hybridized carbons (Fsp3) is 0.423. The molecule has 2 N–H and O–H groups in total. The van der Waals surface area contributed by atoms with Crippen LogP contribution in [0.2, 0.25) is 0 Å². The van der Waals surface area contributed by atoms with Crippen LogP contribution in [0.5, 0.6) is 0 Å². The van der Waals surface area contributed by atoms with Gasteiger partial charge in [-0.25, -0.2) is 4.99 Å². The Morgan fingerprint density at radius 3 is 2.85 bits per heavy atom. The van der Waals surface area contributed by atoms with E-state index in [0.717, 1.165) is 61.6 Å². The molecular weight excluding hydrogens is 412 g/mol. The number of aromatic amines is 1. The first-order valence-electron chi connectivity index (χ1n) is 11.7. The predicted octanol–water partition coefficient (Wildman–Crippen LogP) is 1.71. The van der Waals surface area contributed by atoms with Crippen molar-refractivity contribution in [2.24, 2.45) is 9.98 Å². The van der Waals surface area contributed by atoms with Crippen molar-refractivity contribution in [1.29, 1.82) is 0 Å². The number of likely N-dealkylation sites (N-methyl/N-ethyl adjacent to an activating group) is 1. The molecule has 1 amide bonds. The van der Waals surface area contributed by atoms with Gasteiger partial charge in [-0.05, 0) is 63.1 Å². The summed E-state index contributed by atoms with van der Waals surface area (Å²) >= 11 is 0. The number of carbonyl (C=O) groups is 1. The smallest absolute Gasteiger partial charge is 0.245 e. The Labute approximate surface area is 195 Å². The Morgan fingerprint density at radius 1 is 1.27 bits per heavy atom. The van der Waals surface area contributed by atoms with Gasteiger partial charge in [-0.3, -0.25) is 15.1 Å². The SMILES string of the molecule is C=CC(=O)N1CCC[C@@H](N[C@@H]2C=c3c(-c4ccc(CCN(C)C)cc4)c[nH]c3=NC=N2)CC1. The van der Waals surface area contributed by atoms with Crippen LogP contribution >= 0.6 is 0 Å². The molecule has 2 aromatic rings. The highest BCUT2D eigenvalue weighted by atomic mass is 16.2. The molecule has 0 radical (unpaired) electrons. The van der Waals surface area contributed by atoms with E-state index in [1.807, 2.05) is 11.1 Å². The van der Waals surface area contributed by atoms with Gasteiger partial charge >= 0.3 is 0 Å². The van der Waals surface area contributed by atoms with Gasteiger partial charge in [0.15, 0.2) is 0 Å². The molecule has 2 aliphatic rings. The second-order valence-corrected chi connectivity index (χ2v) is 9.04. The van der Waals surface area contributed by atoms with Crippen LogP contribution in [0.1, 0.15) is 24.8 Å². The molecule has 174 valence electrons. The van der Waals surface area contributed by atoms with E-state index in [4.69, 9.17) is 0 Å². The summed E-state index contributed by atoms with van der Waals surface area (Å²) in [4.78, 5) is 28.5. The molecule has 0 aliphatic carbocycles. The molecule has 4 rings (SSSR count). The first-order valence-corrected chi connectivity index (χ1v) is 11.7. The molecule has 1 aromatic heterocycles. The number of hydrogen-bond acceptors (Lipinski definition) is 5. The highest BCUT2D eigenvalue weighted by Gasteiger charge is 2.21. The van der Waals surface area contributed by atoms with Gasteiger partial charge in [-0.1, -0.05) is 30.8 Å². The average Bonchev–Trinajstić information content (AvgIpc) is 2.97. The molecule has 0 spiro atoms. The molecule has 33 heavy (non-hydrogen) atoms. The number of rotatable bonds is 7. The summed E-state index contributed by atoms with van der Waals surface area (Å²) < 4.78 is 0. The summed E-state index contributed by atoms with van der Waals surface area (Å²) in [6, 6.07) is 9.09. The molecule has 7 heteroatoms. The molecule has 0 unspecified atom stereocenters. The number of nitrogens with zero attached hydrogens (tertiary/aromatic N) is 4. The van der Waals surface area contributed by atoms with E-state index >= 15 is 0 Å². The summed E-state index contributed by atoms with van der Waals surface area (Å²) in [5.74, 6) is 0.0165. The van der Waals surface area contributed by atoms with Gasteiger partial charge < -0.3 is 14.8 Å². The zero-order valence-electron chi connectivity index (χ0n) is 19.6. The Balaban J connectivity index is 1.50. The van der Waals surface area contributed by atoms with Crippen molar-refractivity contribution in [2.75, 3.05) is 33.7 Å². The van der Waals surface area contributed by atoms with Crippen LogP contribution in [-0.2, 0) is 11.2 Å². The predicted molar refractivity (Wildman–Crippen MR) is 134 cm³/mol. The van der Waals surface area contributed by atoms with E-state index in [-0.39, 0.29) is 12.1 Å². The van der Waals surface area contributed by atoms with Crippen LogP contribution < -0.4 is 16.0 Å². The minimum Gasteiger partial charge on any atom is -0.345 e. The third-order valence-electron chi connectivity index (χ3n) is 6.37. The number of benzene rings is 1. The zero-order valence-corrected chi connectivity index (χ0v) is 19.6. The summed E-state index contributed by atoms with van der Waals surface area (Å²) in [5, 5.41) is 4.74. The number of hydrogen-bond donors (Lipinski definition) is 2. The standard InChI is InChI=1S/C26H34N6O/c1-4-25(33)32-13-5-6-21(12-15-32)30-24-16-22-23(17-27-26(22)29-18-28-24)20-9-7-19(8-10-20)11-14-31(2)3/h4,7-10,16-18,21,24,30H,1,5-6,11-15H2,2-3H3,(H,27,28,29)/t21-,24-/m1/s1. The lowest BCUT2D eigenvalue weighted by Gasteiger charge is -2.21. The van der Waals surface area contributed by atoms with Crippen molar-refractivity contribution in [3.63, 3.8) is 0 Å². The summed E-state index contributed by atoms with van der Waals surface area (Å²) in [7, 11) is 4.20. The Bertz CT molecular complexity index is 1110. The van der Waals surface area contributed by atoms with Crippen molar-refractivity contribution >= 4 is 18.3 Å². The maximum atomic E-state index is 12.0. The van der Waals surface area contributed by atoms with Crippen LogP contribution in [-0.4, -0.2) is 73.0 Å². The lowest BCUT2D eigenvalue weighted by Crippen LogP contribution is -2.38. The van der Waals surface area contributed by atoms with Gasteiger partial charge in [-0.15, -0.1) is 0 Å². The van der Waals surface area contributed by atoms with Crippen LogP contribution in [0, 0.1) is 0 Å². The summed E-state index contributed by atoms with van der Waals surface area (Å²) in [5.41, 5.74) is 4.47. The normalized spacial score (nSPS) is 20.4. The molecule has 1 aromatic carbocycles. The number of carbonyl (C=O) groups excluding carboxylic acids is 1. The van der Waals surface area contributed by atoms with Crippen molar-refractivity contribution in [1.82, 2.24) is 20.1 Å². The van der Waals surface area contributed by atoms with Crippen LogP contribution in [0.15, 0.2) is 53.1 Å². The number of amides is 1. The van der Waals surface area contributed by atoms with Gasteiger partial charge in [0.05, 0.1) is 0 Å². The van der Waals surface area contributed by atoms with E-state index in [1.165, 1.54) is 17.2 Å². The first kappa shape index (κ1) is 23.1. The van der Waals surface area contributed by atoms with Crippen LogP contribution in [0.3, 0.4) is 0 Å². The lowest BCUT2D eigenvalue weighted by atomic mass is 10.0. The zero-order chi connectivity index (χ0) is 23.2. The van der Waals surface area contributed by atoms with E-state index in [1.54, 1.807) is 6.34 Å². The molecule has 1 saturated heterocycles. The molecule has 0 bridgehead atoms. The van der Waals surface area contributed by atoms with Crippen molar-refractivity contribution in [2.45, 2.75) is 37.9 Å². The number of likely N-dealkylation sites (tertiary alicyclic amines) is 1. The molecule has 0 saturated carbocycles. The second-order valence-electron chi connectivity index (χ2n) is 9.04. The van der Waals surface area contributed by atoms with Crippen molar-refractivity contribution in [3.05, 3.63) is 59.4 Å². The summed E-state index contributed by atoms with van der Waals surface area (Å²) in [6.07, 6.45) is 11.0. The molecule has 7 nitrogen and oxygen atoms in total. The maximum absolute atomic E-state index is 12.0. The molecule has 2 aliphatic heterocycles. The third kappa shape index (κ3) is 5.86. The Hall–Kier alpha value is -3.03. The van der Waals surface area contributed by atoms with Gasteiger partial charge in [0.2, 0.25) is 5.91 Å². The third-order valence-corrected chi connectivity index (χ3v) is 6.37. The highest BCUT2D eigenvalue weighted by molar-refractivity contribution is 5.87. The van der Waals surface area contributed by atoms with Crippen molar-refractivity contribution in [3.8, 4) is 11.1 Å². The van der Waals surface area contributed by atoms with Gasteiger partial charge in [0.25, 0.3) is 0 Å². The molecule has 3 heterocycles. The van der Waals surface area contributed by atoms with Crippen LogP contribution in [0.4, 0.5) is 0 Å². The fourth-order valence-corrected chi connectivity index (χ4v) is 4.45. The van der Waals surface area contributed by atoms with E-state index in [0.29, 0.717) is 6.04 Å². The minimum absolute atomic E-state index is 0.0165. The number of aliphatic imine (C=N–C) groups is 1. The average molecular weight is 447 g/mol. The van der Waals surface area contributed by atoms with E-state index in [9.17, 15) is 4.79 Å². The largest absolute Gasteiger partial charge is 0.345 e. The fourth-order valence-electron chi connectivity index (χ4n) is 4.45. The van der Waals surface area contributed by atoms with Gasteiger partial charge in [-0.2, -0.15) is 0 Å². The Kier molecular flexibility index (Phi) is 7.52.